The van der Waals surface area contributed by atoms with Crippen LogP contribution in [0.1, 0.15) is 61.4 Å². The van der Waals surface area contributed by atoms with Gasteiger partial charge in [-0.2, -0.15) is 0 Å². The first-order valence-electron chi connectivity index (χ1n) is 9.63. The molecule has 0 spiro atoms. The van der Waals surface area contributed by atoms with Crippen molar-refractivity contribution in [3.63, 3.8) is 0 Å². The van der Waals surface area contributed by atoms with Gasteiger partial charge in [0.05, 0.1) is 5.41 Å². The number of rotatable bonds is 2. The first kappa shape index (κ1) is 18.7. The lowest BCUT2D eigenvalue weighted by molar-refractivity contribution is -0.143. The fourth-order valence-corrected chi connectivity index (χ4v) is 4.05. The van der Waals surface area contributed by atoms with Gasteiger partial charge in [-0.25, -0.2) is 0 Å². The summed E-state index contributed by atoms with van der Waals surface area (Å²) in [6.45, 7) is 8.47. The molecule has 1 atom stereocenters. The standard InChI is InChI=1S/C23H25NO4/c1-13(25)27-19-9-8-16-17(21(19)28-22(26)23(2,3)4)10-14-6-5-7-15-11-24-12-18(16)20(14)15/h5-9,18,24H,10-12H2,1-4H3. The van der Waals surface area contributed by atoms with E-state index in [1.165, 1.54) is 23.6 Å². The Morgan fingerprint density at radius 1 is 1.07 bits per heavy atom. The molecule has 1 aliphatic carbocycles. The number of fused-ring (bicyclic) bond motifs is 2. The number of hydrogen-bond acceptors (Lipinski definition) is 5. The molecule has 0 aromatic heterocycles. The molecule has 2 aliphatic rings. The van der Waals surface area contributed by atoms with E-state index in [2.05, 4.69) is 23.5 Å². The Morgan fingerprint density at radius 3 is 2.54 bits per heavy atom. The summed E-state index contributed by atoms with van der Waals surface area (Å²) in [5.74, 6) is 0.0742. The quantitative estimate of drug-likeness (QED) is 0.637. The van der Waals surface area contributed by atoms with Gasteiger partial charge >= 0.3 is 11.9 Å². The van der Waals surface area contributed by atoms with Gasteiger partial charge in [-0.1, -0.05) is 24.3 Å². The van der Waals surface area contributed by atoms with Crippen LogP contribution in [0.25, 0.3) is 0 Å². The third-order valence-electron chi connectivity index (χ3n) is 5.36. The Hall–Kier alpha value is -2.66. The molecule has 0 radical (unpaired) electrons. The van der Waals surface area contributed by atoms with E-state index in [1.54, 1.807) is 6.07 Å². The van der Waals surface area contributed by atoms with Gasteiger partial charge in [0.25, 0.3) is 0 Å². The normalized spacial score (nSPS) is 17.4. The molecule has 0 fully saturated rings. The lowest BCUT2D eigenvalue weighted by atomic mass is 9.74. The van der Waals surface area contributed by atoms with Crippen molar-refractivity contribution < 1.29 is 19.1 Å². The van der Waals surface area contributed by atoms with Crippen molar-refractivity contribution in [2.45, 2.75) is 46.6 Å². The number of nitrogens with one attached hydrogen (secondary N) is 1. The summed E-state index contributed by atoms with van der Waals surface area (Å²) in [5, 5.41) is 3.48. The lowest BCUT2D eigenvalue weighted by Gasteiger charge is -2.35. The molecular formula is C23H25NO4. The molecule has 1 aliphatic heterocycles. The van der Waals surface area contributed by atoms with Crippen LogP contribution in [0.5, 0.6) is 11.5 Å². The van der Waals surface area contributed by atoms with E-state index in [9.17, 15) is 9.59 Å². The molecular weight excluding hydrogens is 354 g/mol. The minimum Gasteiger partial charge on any atom is -0.423 e. The summed E-state index contributed by atoms with van der Waals surface area (Å²) in [4.78, 5) is 24.3. The van der Waals surface area contributed by atoms with Crippen LogP contribution in [0.3, 0.4) is 0 Å². The van der Waals surface area contributed by atoms with Gasteiger partial charge in [-0.3, -0.25) is 9.59 Å². The minimum atomic E-state index is -0.664. The summed E-state index contributed by atoms with van der Waals surface area (Å²) in [6, 6.07) is 10.1. The molecule has 5 heteroatoms. The van der Waals surface area contributed by atoms with E-state index in [0.717, 1.165) is 24.2 Å². The summed E-state index contributed by atoms with van der Waals surface area (Å²) in [7, 11) is 0. The van der Waals surface area contributed by atoms with Crippen LogP contribution in [-0.2, 0) is 22.6 Å². The average molecular weight is 379 g/mol. The van der Waals surface area contributed by atoms with Crippen molar-refractivity contribution in [1.29, 1.82) is 0 Å². The maximum absolute atomic E-state index is 12.6. The molecule has 1 N–H and O–H groups in total. The first-order chi connectivity index (χ1) is 13.3. The van der Waals surface area contributed by atoms with Crippen LogP contribution in [0, 0.1) is 5.41 Å². The van der Waals surface area contributed by atoms with Crippen LogP contribution in [-0.4, -0.2) is 18.5 Å². The summed E-state index contributed by atoms with van der Waals surface area (Å²) >= 11 is 0. The van der Waals surface area contributed by atoms with Gasteiger partial charge in [-0.15, -0.1) is 0 Å². The van der Waals surface area contributed by atoms with E-state index in [-0.39, 0.29) is 11.9 Å². The van der Waals surface area contributed by atoms with Crippen molar-refractivity contribution >= 4 is 11.9 Å². The molecule has 0 saturated carbocycles. The highest BCUT2D eigenvalue weighted by Crippen LogP contribution is 2.46. The van der Waals surface area contributed by atoms with E-state index < -0.39 is 11.4 Å². The smallest absolute Gasteiger partial charge is 0.316 e. The largest absolute Gasteiger partial charge is 0.423 e. The van der Waals surface area contributed by atoms with Gasteiger partial charge in [0.15, 0.2) is 11.5 Å². The van der Waals surface area contributed by atoms with Crippen LogP contribution in [0.4, 0.5) is 0 Å². The van der Waals surface area contributed by atoms with Crippen molar-refractivity contribution in [2.75, 3.05) is 6.54 Å². The average Bonchev–Trinajstić information content (AvgIpc) is 2.63. The van der Waals surface area contributed by atoms with Crippen LogP contribution in [0.15, 0.2) is 30.3 Å². The zero-order valence-corrected chi connectivity index (χ0v) is 16.7. The highest BCUT2D eigenvalue weighted by molar-refractivity contribution is 5.80. The Kier molecular flexibility index (Phi) is 4.50. The van der Waals surface area contributed by atoms with Crippen molar-refractivity contribution in [2.24, 2.45) is 5.41 Å². The van der Waals surface area contributed by atoms with Gasteiger partial charge < -0.3 is 14.8 Å². The minimum absolute atomic E-state index is 0.196. The molecule has 0 bridgehead atoms. The zero-order chi connectivity index (χ0) is 20.1. The Morgan fingerprint density at radius 2 is 1.82 bits per heavy atom. The predicted molar refractivity (Wildman–Crippen MR) is 106 cm³/mol. The molecule has 28 heavy (non-hydrogen) atoms. The zero-order valence-electron chi connectivity index (χ0n) is 16.7. The molecule has 0 saturated heterocycles. The molecule has 2 aromatic rings. The predicted octanol–water partition coefficient (Wildman–Crippen LogP) is 3.70. The Balaban J connectivity index is 1.86. The molecule has 5 nitrogen and oxygen atoms in total. The van der Waals surface area contributed by atoms with Gasteiger partial charge in [0.1, 0.15) is 0 Å². The van der Waals surface area contributed by atoms with E-state index in [4.69, 9.17) is 9.47 Å². The van der Waals surface area contributed by atoms with Crippen LogP contribution in [0.2, 0.25) is 0 Å². The summed E-state index contributed by atoms with van der Waals surface area (Å²) < 4.78 is 11.2. The van der Waals surface area contributed by atoms with Gasteiger partial charge in [0.2, 0.25) is 0 Å². The van der Waals surface area contributed by atoms with E-state index in [1.807, 2.05) is 26.8 Å². The Labute approximate surface area is 165 Å². The third kappa shape index (κ3) is 3.20. The van der Waals surface area contributed by atoms with E-state index in [0.29, 0.717) is 17.9 Å². The lowest BCUT2D eigenvalue weighted by Crippen LogP contribution is -2.33. The van der Waals surface area contributed by atoms with Gasteiger partial charge in [0, 0.05) is 37.9 Å². The molecule has 2 aromatic carbocycles. The second kappa shape index (κ2) is 6.74. The first-order valence-corrected chi connectivity index (χ1v) is 9.63. The third-order valence-corrected chi connectivity index (χ3v) is 5.36. The van der Waals surface area contributed by atoms with Crippen LogP contribution >= 0.6 is 0 Å². The fraction of sp³-hybridized carbons (Fsp3) is 0.391. The van der Waals surface area contributed by atoms with Crippen molar-refractivity contribution in [1.82, 2.24) is 5.32 Å². The van der Waals surface area contributed by atoms with Crippen LogP contribution < -0.4 is 14.8 Å². The summed E-state index contributed by atoms with van der Waals surface area (Å²) in [6.07, 6.45) is 0.650. The second-order valence-electron chi connectivity index (χ2n) is 8.54. The molecule has 1 heterocycles. The fourth-order valence-electron chi connectivity index (χ4n) is 4.05. The SMILES string of the molecule is CC(=O)Oc1ccc2c(c1OC(=O)C(C)(C)C)Cc1cccc3c1C2CNC3. The number of hydrogen-bond donors (Lipinski definition) is 1. The topological polar surface area (TPSA) is 64.6 Å². The highest BCUT2D eigenvalue weighted by atomic mass is 16.6. The number of ether oxygens (including phenoxy) is 2. The number of carbonyl (C=O) groups is 2. The second-order valence-corrected chi connectivity index (χ2v) is 8.54. The monoisotopic (exact) mass is 379 g/mol. The van der Waals surface area contributed by atoms with Crippen molar-refractivity contribution in [3.05, 3.63) is 58.1 Å². The maximum Gasteiger partial charge on any atom is 0.316 e. The van der Waals surface area contributed by atoms with Crippen molar-refractivity contribution in [3.8, 4) is 11.5 Å². The molecule has 1 unspecified atom stereocenters. The molecule has 0 amide bonds. The molecule has 146 valence electrons. The molecule has 4 rings (SSSR count). The maximum atomic E-state index is 12.6. The number of esters is 2. The van der Waals surface area contributed by atoms with E-state index >= 15 is 0 Å². The number of benzene rings is 2. The van der Waals surface area contributed by atoms with Gasteiger partial charge in [-0.05, 0) is 49.1 Å². The Bertz CT molecular complexity index is 971. The summed E-state index contributed by atoms with van der Waals surface area (Å²) in [5.41, 5.74) is 5.32. The number of carbonyl (C=O) groups excluding carboxylic acids is 2. The highest BCUT2D eigenvalue weighted by Gasteiger charge is 2.34.